The Balaban J connectivity index is 1.42. The van der Waals surface area contributed by atoms with Crippen molar-refractivity contribution in [3.05, 3.63) is 35.4 Å². The van der Waals surface area contributed by atoms with Gasteiger partial charge < -0.3 is 19.3 Å². The van der Waals surface area contributed by atoms with Gasteiger partial charge in [0.2, 0.25) is 0 Å². The van der Waals surface area contributed by atoms with Gasteiger partial charge in [-0.1, -0.05) is 18.9 Å². The summed E-state index contributed by atoms with van der Waals surface area (Å²) >= 11 is 0. The van der Waals surface area contributed by atoms with Crippen molar-refractivity contribution in [3.8, 4) is 0 Å². The molecule has 4 rings (SSSR count). The number of benzene rings is 1. The summed E-state index contributed by atoms with van der Waals surface area (Å²) in [6, 6.07) is 7.18. The Kier molecular flexibility index (Phi) is 5.45. The highest BCUT2D eigenvalue weighted by Gasteiger charge is 2.40. The number of carbonyl (C=O) groups excluding carboxylic acids is 2. The lowest BCUT2D eigenvalue weighted by Gasteiger charge is -2.37. The molecule has 0 aliphatic carbocycles. The SMILES string of the molecule is O=C(c1cccc(C(=O)N2CCC3(CC2)OCCO3)c1)N1CCCCCC1. The molecular weight excluding hydrogens is 344 g/mol. The van der Waals surface area contributed by atoms with Crippen LogP contribution in [0.15, 0.2) is 24.3 Å². The quantitative estimate of drug-likeness (QED) is 0.801. The second-order valence-electron chi connectivity index (χ2n) is 7.69. The number of amides is 2. The first-order chi connectivity index (χ1) is 13.2. The van der Waals surface area contributed by atoms with Crippen LogP contribution in [-0.4, -0.2) is 66.8 Å². The average molecular weight is 372 g/mol. The zero-order chi connectivity index (χ0) is 18.7. The number of likely N-dealkylation sites (tertiary alicyclic amines) is 2. The molecule has 6 heteroatoms. The summed E-state index contributed by atoms with van der Waals surface area (Å²) in [7, 11) is 0. The fourth-order valence-electron chi connectivity index (χ4n) is 4.26. The number of nitrogens with zero attached hydrogens (tertiary/aromatic N) is 2. The third-order valence-corrected chi connectivity index (χ3v) is 5.88. The van der Waals surface area contributed by atoms with Crippen molar-refractivity contribution in [1.82, 2.24) is 9.80 Å². The molecule has 3 fully saturated rings. The van der Waals surface area contributed by atoms with Crippen LogP contribution in [0.25, 0.3) is 0 Å². The Labute approximate surface area is 160 Å². The lowest BCUT2D eigenvalue weighted by molar-refractivity contribution is -0.181. The van der Waals surface area contributed by atoms with Crippen LogP contribution >= 0.6 is 0 Å². The first-order valence-corrected chi connectivity index (χ1v) is 10.1. The Morgan fingerprint density at radius 1 is 0.778 bits per heavy atom. The third-order valence-electron chi connectivity index (χ3n) is 5.88. The summed E-state index contributed by atoms with van der Waals surface area (Å²) in [5, 5.41) is 0. The average Bonchev–Trinajstić information content (AvgIpc) is 2.99. The molecule has 0 bridgehead atoms. The maximum atomic E-state index is 12.9. The highest BCUT2D eigenvalue weighted by atomic mass is 16.7. The summed E-state index contributed by atoms with van der Waals surface area (Å²) in [4.78, 5) is 29.5. The van der Waals surface area contributed by atoms with Gasteiger partial charge in [0.25, 0.3) is 11.8 Å². The van der Waals surface area contributed by atoms with E-state index >= 15 is 0 Å². The van der Waals surface area contributed by atoms with Crippen molar-refractivity contribution >= 4 is 11.8 Å². The van der Waals surface area contributed by atoms with Crippen molar-refractivity contribution in [3.63, 3.8) is 0 Å². The summed E-state index contributed by atoms with van der Waals surface area (Å²) < 4.78 is 11.5. The van der Waals surface area contributed by atoms with Crippen LogP contribution in [0.5, 0.6) is 0 Å². The van der Waals surface area contributed by atoms with Gasteiger partial charge in [-0.2, -0.15) is 0 Å². The molecule has 3 heterocycles. The molecule has 0 atom stereocenters. The maximum absolute atomic E-state index is 12.9. The van der Waals surface area contributed by atoms with Crippen LogP contribution in [0.4, 0.5) is 0 Å². The molecule has 3 saturated heterocycles. The summed E-state index contributed by atoms with van der Waals surface area (Å²) in [6.45, 7) is 4.12. The maximum Gasteiger partial charge on any atom is 0.253 e. The minimum atomic E-state index is -0.485. The molecule has 3 aliphatic rings. The third kappa shape index (κ3) is 4.01. The van der Waals surface area contributed by atoms with E-state index in [0.29, 0.717) is 50.3 Å². The van der Waals surface area contributed by atoms with Crippen LogP contribution in [0.3, 0.4) is 0 Å². The molecule has 27 heavy (non-hydrogen) atoms. The van der Waals surface area contributed by atoms with Crippen LogP contribution in [0, 0.1) is 0 Å². The van der Waals surface area contributed by atoms with Gasteiger partial charge in [0.05, 0.1) is 13.2 Å². The first-order valence-electron chi connectivity index (χ1n) is 10.1. The Bertz CT molecular complexity index is 681. The van der Waals surface area contributed by atoms with E-state index in [1.165, 1.54) is 12.8 Å². The number of rotatable bonds is 2. The lowest BCUT2D eigenvalue weighted by atomic mass is 10.0. The minimum Gasteiger partial charge on any atom is -0.347 e. The van der Waals surface area contributed by atoms with E-state index in [0.717, 1.165) is 25.9 Å². The molecular formula is C21H28N2O4. The predicted octanol–water partition coefficient (Wildman–Crippen LogP) is 2.68. The standard InChI is InChI=1S/C21H28N2O4/c24-19(22-10-3-1-2-4-11-22)17-6-5-7-18(16-17)20(25)23-12-8-21(9-13-23)26-14-15-27-21/h5-7,16H,1-4,8-15H2. The van der Waals surface area contributed by atoms with Gasteiger partial charge in [-0.15, -0.1) is 0 Å². The van der Waals surface area contributed by atoms with Crippen molar-refractivity contribution in [1.29, 1.82) is 0 Å². The highest BCUT2D eigenvalue weighted by Crippen LogP contribution is 2.31. The van der Waals surface area contributed by atoms with Crippen LogP contribution in [-0.2, 0) is 9.47 Å². The van der Waals surface area contributed by atoms with Crippen molar-refractivity contribution in [2.24, 2.45) is 0 Å². The van der Waals surface area contributed by atoms with E-state index in [9.17, 15) is 9.59 Å². The van der Waals surface area contributed by atoms with Gasteiger partial charge in [0.15, 0.2) is 5.79 Å². The van der Waals surface area contributed by atoms with Crippen molar-refractivity contribution in [2.45, 2.75) is 44.3 Å². The van der Waals surface area contributed by atoms with Gasteiger partial charge >= 0.3 is 0 Å². The van der Waals surface area contributed by atoms with Gasteiger partial charge in [-0.05, 0) is 31.0 Å². The Hall–Kier alpha value is -1.92. The zero-order valence-corrected chi connectivity index (χ0v) is 15.8. The molecule has 1 aromatic carbocycles. The van der Waals surface area contributed by atoms with E-state index in [-0.39, 0.29) is 11.8 Å². The van der Waals surface area contributed by atoms with Crippen LogP contribution < -0.4 is 0 Å². The van der Waals surface area contributed by atoms with E-state index in [1.54, 1.807) is 12.1 Å². The van der Waals surface area contributed by atoms with E-state index in [1.807, 2.05) is 21.9 Å². The van der Waals surface area contributed by atoms with Gasteiger partial charge in [-0.3, -0.25) is 9.59 Å². The van der Waals surface area contributed by atoms with Crippen molar-refractivity contribution < 1.29 is 19.1 Å². The monoisotopic (exact) mass is 372 g/mol. The number of piperidine rings is 1. The molecule has 0 aromatic heterocycles. The summed E-state index contributed by atoms with van der Waals surface area (Å²) in [5.74, 6) is -0.466. The number of ether oxygens (including phenoxy) is 2. The molecule has 3 aliphatic heterocycles. The molecule has 6 nitrogen and oxygen atoms in total. The lowest BCUT2D eigenvalue weighted by Crippen LogP contribution is -2.47. The smallest absolute Gasteiger partial charge is 0.253 e. The largest absolute Gasteiger partial charge is 0.347 e. The van der Waals surface area contributed by atoms with E-state index < -0.39 is 5.79 Å². The fourth-order valence-corrected chi connectivity index (χ4v) is 4.26. The second kappa shape index (κ2) is 7.98. The zero-order valence-electron chi connectivity index (χ0n) is 15.8. The van der Waals surface area contributed by atoms with Gasteiger partial charge in [-0.25, -0.2) is 0 Å². The molecule has 2 amide bonds. The van der Waals surface area contributed by atoms with Crippen molar-refractivity contribution in [2.75, 3.05) is 39.4 Å². The Morgan fingerprint density at radius 3 is 1.85 bits per heavy atom. The minimum absolute atomic E-state index is 0.0200. The molecule has 0 radical (unpaired) electrons. The van der Waals surface area contributed by atoms with Crippen LogP contribution in [0.1, 0.15) is 59.2 Å². The molecule has 146 valence electrons. The van der Waals surface area contributed by atoms with Crippen LogP contribution in [0.2, 0.25) is 0 Å². The second-order valence-corrected chi connectivity index (χ2v) is 7.69. The first kappa shape index (κ1) is 18.4. The number of hydrogen-bond donors (Lipinski definition) is 0. The number of hydrogen-bond acceptors (Lipinski definition) is 4. The van der Waals surface area contributed by atoms with E-state index in [4.69, 9.17) is 9.47 Å². The van der Waals surface area contributed by atoms with E-state index in [2.05, 4.69) is 0 Å². The normalized spacial score (nSPS) is 22.7. The molecule has 0 saturated carbocycles. The molecule has 0 N–H and O–H groups in total. The molecule has 0 unspecified atom stereocenters. The predicted molar refractivity (Wildman–Crippen MR) is 101 cm³/mol. The number of carbonyl (C=O) groups is 2. The molecule has 1 spiro atoms. The summed E-state index contributed by atoms with van der Waals surface area (Å²) in [5.41, 5.74) is 1.19. The topological polar surface area (TPSA) is 59.1 Å². The highest BCUT2D eigenvalue weighted by molar-refractivity contribution is 5.99. The molecule has 1 aromatic rings. The van der Waals surface area contributed by atoms with Gasteiger partial charge in [0.1, 0.15) is 0 Å². The Morgan fingerprint density at radius 2 is 1.30 bits per heavy atom. The van der Waals surface area contributed by atoms with Gasteiger partial charge in [0, 0.05) is 50.1 Å². The fraction of sp³-hybridized carbons (Fsp3) is 0.619. The summed E-state index contributed by atoms with van der Waals surface area (Å²) in [6.07, 6.45) is 5.89.